The van der Waals surface area contributed by atoms with Gasteiger partial charge in [0.05, 0.1) is 18.9 Å². The van der Waals surface area contributed by atoms with Crippen LogP contribution in [0.3, 0.4) is 0 Å². The van der Waals surface area contributed by atoms with Crippen LogP contribution in [0.2, 0.25) is 0 Å². The van der Waals surface area contributed by atoms with Gasteiger partial charge < -0.3 is 41.4 Å². The first-order chi connectivity index (χ1) is 24.2. The SMILES string of the molecule is CC(C)(C)c1cc(C(=O)N(CCO)CCO)cc(N2CCNCC2)c1.CC(C)(C)c1cc2cn(-c3ccc(CNCCCN)cc3)c(=O)nc2[nH]1. The van der Waals surface area contributed by atoms with E-state index in [2.05, 4.69) is 79.2 Å². The van der Waals surface area contributed by atoms with Gasteiger partial charge in [0.2, 0.25) is 0 Å². The molecule has 1 amide bonds. The second-order valence-corrected chi connectivity index (χ2v) is 15.1. The monoisotopic (exact) mass is 702 g/mol. The summed E-state index contributed by atoms with van der Waals surface area (Å²) in [5, 5.41) is 26.0. The van der Waals surface area contributed by atoms with Gasteiger partial charge in [0.1, 0.15) is 5.65 Å². The molecule has 2 aromatic heterocycles. The molecule has 0 radical (unpaired) electrons. The minimum atomic E-state index is -0.284. The first-order valence-electron chi connectivity index (χ1n) is 18.0. The van der Waals surface area contributed by atoms with Crippen LogP contribution >= 0.6 is 0 Å². The normalized spacial score (nSPS) is 13.6. The van der Waals surface area contributed by atoms with Crippen molar-refractivity contribution in [2.45, 2.75) is 65.3 Å². The molecule has 1 saturated heterocycles. The van der Waals surface area contributed by atoms with Crippen LogP contribution < -0.4 is 27.0 Å². The number of aromatic amines is 1. The third kappa shape index (κ3) is 11.0. The molecule has 1 aliphatic heterocycles. The van der Waals surface area contributed by atoms with Crippen LogP contribution in [0.4, 0.5) is 5.69 Å². The number of rotatable bonds is 12. The molecule has 0 bridgehead atoms. The fourth-order valence-corrected chi connectivity index (χ4v) is 5.83. The molecule has 7 N–H and O–H groups in total. The maximum atomic E-state index is 12.9. The average Bonchev–Trinajstić information content (AvgIpc) is 3.54. The molecule has 12 heteroatoms. The predicted octanol–water partition coefficient (Wildman–Crippen LogP) is 3.27. The largest absolute Gasteiger partial charge is 0.395 e. The Morgan fingerprint density at radius 3 is 2.20 bits per heavy atom. The second-order valence-electron chi connectivity index (χ2n) is 15.1. The van der Waals surface area contributed by atoms with E-state index in [0.717, 1.165) is 73.7 Å². The Labute approximate surface area is 302 Å². The number of anilines is 1. The number of nitrogens with two attached hydrogens (primary N) is 1. The predicted molar refractivity (Wildman–Crippen MR) is 206 cm³/mol. The number of aromatic nitrogens is 3. The molecule has 2 aromatic carbocycles. The number of amides is 1. The van der Waals surface area contributed by atoms with Crippen LogP contribution in [0.5, 0.6) is 0 Å². The topological polar surface area (TPSA) is 165 Å². The summed E-state index contributed by atoms with van der Waals surface area (Å²) >= 11 is 0. The Hall–Kier alpha value is -4.07. The smallest absolute Gasteiger partial charge is 0.354 e. The van der Waals surface area contributed by atoms with Gasteiger partial charge in [0.15, 0.2) is 0 Å². The van der Waals surface area contributed by atoms with E-state index < -0.39 is 0 Å². The highest BCUT2D eigenvalue weighted by molar-refractivity contribution is 5.95. The number of H-pyrrole nitrogens is 1. The summed E-state index contributed by atoms with van der Waals surface area (Å²) in [7, 11) is 0. The maximum Gasteiger partial charge on any atom is 0.354 e. The van der Waals surface area contributed by atoms with Crippen LogP contribution in [0.25, 0.3) is 16.7 Å². The number of carbonyl (C=O) groups excluding carboxylic acids is 1. The Bertz CT molecular complexity index is 1760. The second kappa shape index (κ2) is 17.9. The van der Waals surface area contributed by atoms with E-state index in [1.54, 1.807) is 4.57 Å². The number of aliphatic hydroxyl groups is 2. The molecular formula is C39H58N8O4. The number of carbonyl (C=O) groups is 1. The summed E-state index contributed by atoms with van der Waals surface area (Å²) in [6, 6.07) is 16.1. The highest BCUT2D eigenvalue weighted by Crippen LogP contribution is 2.29. The van der Waals surface area contributed by atoms with Crippen LogP contribution in [0, 0.1) is 0 Å². The lowest BCUT2D eigenvalue weighted by atomic mass is 9.85. The third-order valence-electron chi connectivity index (χ3n) is 8.96. The van der Waals surface area contributed by atoms with Crippen molar-refractivity contribution in [3.8, 4) is 5.69 Å². The van der Waals surface area contributed by atoms with E-state index in [0.29, 0.717) is 17.8 Å². The zero-order valence-corrected chi connectivity index (χ0v) is 31.3. The first-order valence-corrected chi connectivity index (χ1v) is 18.0. The minimum Gasteiger partial charge on any atom is -0.395 e. The highest BCUT2D eigenvalue weighted by atomic mass is 16.3. The zero-order chi connectivity index (χ0) is 37.2. The van der Waals surface area contributed by atoms with E-state index in [4.69, 9.17) is 5.73 Å². The molecule has 1 fully saturated rings. The number of nitrogens with one attached hydrogen (secondary N) is 3. The molecule has 0 atom stereocenters. The van der Waals surface area contributed by atoms with E-state index >= 15 is 0 Å². The van der Waals surface area contributed by atoms with Gasteiger partial charge in [-0.25, -0.2) is 4.79 Å². The number of piperazine rings is 1. The Morgan fingerprint density at radius 2 is 1.61 bits per heavy atom. The van der Waals surface area contributed by atoms with Crippen molar-refractivity contribution < 1.29 is 15.0 Å². The van der Waals surface area contributed by atoms with Crippen molar-refractivity contribution in [2.75, 3.05) is 70.5 Å². The molecule has 51 heavy (non-hydrogen) atoms. The molecule has 278 valence electrons. The van der Waals surface area contributed by atoms with E-state index in [1.807, 2.05) is 42.6 Å². The number of fused-ring (bicyclic) bond motifs is 1. The lowest BCUT2D eigenvalue weighted by molar-refractivity contribution is 0.0684. The lowest BCUT2D eigenvalue weighted by Crippen LogP contribution is -2.43. The van der Waals surface area contributed by atoms with Gasteiger partial charge in [-0.3, -0.25) is 9.36 Å². The Kier molecular flexibility index (Phi) is 14.0. The number of aliphatic hydroxyl groups excluding tert-OH is 2. The van der Waals surface area contributed by atoms with Crippen LogP contribution in [-0.4, -0.2) is 101 Å². The van der Waals surface area contributed by atoms with Gasteiger partial charge in [0, 0.05) is 79.8 Å². The number of hydrogen-bond acceptors (Lipinski definition) is 9. The van der Waals surface area contributed by atoms with Gasteiger partial charge in [-0.1, -0.05) is 53.7 Å². The number of benzene rings is 2. The maximum absolute atomic E-state index is 12.9. The van der Waals surface area contributed by atoms with E-state index in [-0.39, 0.29) is 48.7 Å². The molecule has 4 aromatic rings. The van der Waals surface area contributed by atoms with Crippen molar-refractivity contribution in [3.63, 3.8) is 0 Å². The quantitative estimate of drug-likeness (QED) is 0.122. The van der Waals surface area contributed by atoms with Crippen molar-refractivity contribution in [1.82, 2.24) is 30.1 Å². The molecule has 1 aliphatic rings. The van der Waals surface area contributed by atoms with Crippen LogP contribution in [0.15, 0.2) is 59.5 Å². The molecule has 0 unspecified atom stereocenters. The fraction of sp³-hybridized carbons (Fsp3) is 0.513. The molecule has 12 nitrogen and oxygen atoms in total. The van der Waals surface area contributed by atoms with E-state index in [1.165, 1.54) is 10.5 Å². The third-order valence-corrected chi connectivity index (χ3v) is 8.96. The van der Waals surface area contributed by atoms with Crippen LogP contribution in [-0.2, 0) is 17.4 Å². The Balaban J connectivity index is 0.000000229. The molecule has 3 heterocycles. The summed E-state index contributed by atoms with van der Waals surface area (Å²) in [6.45, 7) is 19.1. The van der Waals surface area contributed by atoms with Crippen molar-refractivity contribution in [3.05, 3.63) is 87.6 Å². The fourth-order valence-electron chi connectivity index (χ4n) is 5.83. The first kappa shape index (κ1) is 39.7. The summed E-state index contributed by atoms with van der Waals surface area (Å²) < 4.78 is 1.59. The van der Waals surface area contributed by atoms with Crippen molar-refractivity contribution in [1.29, 1.82) is 0 Å². The summed E-state index contributed by atoms with van der Waals surface area (Å²) in [5.74, 6) is -0.148. The van der Waals surface area contributed by atoms with Gasteiger partial charge >= 0.3 is 5.69 Å². The molecule has 0 aliphatic carbocycles. The molecular weight excluding hydrogens is 644 g/mol. The molecule has 5 rings (SSSR count). The Morgan fingerprint density at radius 1 is 0.941 bits per heavy atom. The number of hydrogen-bond donors (Lipinski definition) is 6. The zero-order valence-electron chi connectivity index (χ0n) is 31.3. The van der Waals surface area contributed by atoms with Gasteiger partial charge in [0.25, 0.3) is 5.91 Å². The number of nitrogens with zero attached hydrogens (tertiary/aromatic N) is 4. The lowest BCUT2D eigenvalue weighted by Gasteiger charge is -2.32. The molecule has 0 spiro atoms. The van der Waals surface area contributed by atoms with E-state index in [9.17, 15) is 19.8 Å². The summed E-state index contributed by atoms with van der Waals surface area (Å²) in [4.78, 5) is 36.6. The summed E-state index contributed by atoms with van der Waals surface area (Å²) in [5.41, 5.74) is 11.6. The van der Waals surface area contributed by atoms with Crippen LogP contribution in [0.1, 0.15) is 75.1 Å². The van der Waals surface area contributed by atoms with Crippen molar-refractivity contribution >= 4 is 22.6 Å². The minimum absolute atomic E-state index is 0.0207. The van der Waals surface area contributed by atoms with Gasteiger partial charge in [-0.15, -0.1) is 0 Å². The average molecular weight is 703 g/mol. The van der Waals surface area contributed by atoms with Gasteiger partial charge in [-0.2, -0.15) is 4.98 Å². The van der Waals surface area contributed by atoms with Crippen molar-refractivity contribution in [2.24, 2.45) is 5.73 Å². The standard InChI is InChI=1S/C20H27N5O.C19H31N3O3/c1-20(2,3)17-11-15-13-25(19(26)24-18(15)23-17)16-7-5-14(6-8-16)12-22-10-4-9-21;1-19(2,3)16-12-15(18(25)22(8-10-23)9-11-24)13-17(14-16)21-6-4-20-5-7-21/h5-8,11,13,22H,4,9-10,12,21H2,1-3H3,(H,23,24,26);12-14,20,23-24H,4-11H2,1-3H3. The molecule has 0 saturated carbocycles. The van der Waals surface area contributed by atoms with Gasteiger partial charge in [-0.05, 0) is 72.5 Å². The highest BCUT2D eigenvalue weighted by Gasteiger charge is 2.23. The summed E-state index contributed by atoms with van der Waals surface area (Å²) in [6.07, 6.45) is 2.82.